The van der Waals surface area contributed by atoms with Crippen molar-refractivity contribution in [3.8, 4) is 5.75 Å². The summed E-state index contributed by atoms with van der Waals surface area (Å²) in [6.45, 7) is 3.56. The summed E-state index contributed by atoms with van der Waals surface area (Å²) in [5.74, 6) is 2.93. The Labute approximate surface area is 180 Å². The highest BCUT2D eigenvalue weighted by atomic mass is 16.5. The number of fused-ring (bicyclic) bond motifs is 5. The number of rotatable bonds is 5. The van der Waals surface area contributed by atoms with E-state index in [0.29, 0.717) is 30.9 Å². The third-order valence-electron chi connectivity index (χ3n) is 8.83. The number of benzene rings is 2. The van der Waals surface area contributed by atoms with E-state index >= 15 is 0 Å². The number of nitrogens with two attached hydrogens (primary N) is 1. The Morgan fingerprint density at radius 3 is 2.70 bits per heavy atom. The molecule has 160 valence electrons. The number of aliphatic hydroxyl groups is 1. The second kappa shape index (κ2) is 7.69. The number of hydrogen-bond acceptors (Lipinski definition) is 3. The van der Waals surface area contributed by atoms with E-state index in [1.54, 1.807) is 0 Å². The molecule has 5 rings (SSSR count). The molecule has 0 unspecified atom stereocenters. The van der Waals surface area contributed by atoms with E-state index in [-0.39, 0.29) is 5.41 Å². The minimum atomic E-state index is -0.563. The van der Waals surface area contributed by atoms with Crippen LogP contribution in [0.5, 0.6) is 5.75 Å². The maximum Gasteiger partial charge on any atom is 0.120 e. The molecule has 3 aliphatic rings. The van der Waals surface area contributed by atoms with Gasteiger partial charge in [0.05, 0.1) is 5.60 Å². The summed E-state index contributed by atoms with van der Waals surface area (Å²) < 4.78 is 6.09. The minimum absolute atomic E-state index is 0.0315. The number of ether oxygens (including phenoxy) is 1. The molecule has 2 fully saturated rings. The molecule has 0 saturated heterocycles. The molecular formula is C27H35NO2. The highest BCUT2D eigenvalue weighted by molar-refractivity contribution is 5.41. The monoisotopic (exact) mass is 405 g/mol. The molecule has 0 aliphatic heterocycles. The van der Waals surface area contributed by atoms with E-state index in [0.717, 1.165) is 37.9 Å². The fraction of sp³-hybridized carbons (Fsp3) is 0.556. The first kappa shape index (κ1) is 20.1. The van der Waals surface area contributed by atoms with Crippen LogP contribution in [-0.4, -0.2) is 17.3 Å². The van der Waals surface area contributed by atoms with E-state index < -0.39 is 5.60 Å². The van der Waals surface area contributed by atoms with Crippen molar-refractivity contribution in [1.82, 2.24) is 0 Å². The summed E-state index contributed by atoms with van der Waals surface area (Å²) in [7, 11) is 0. The molecule has 3 N–H and O–H groups in total. The smallest absolute Gasteiger partial charge is 0.120 e. The zero-order valence-corrected chi connectivity index (χ0v) is 18.1. The average molecular weight is 406 g/mol. The highest BCUT2D eigenvalue weighted by Crippen LogP contribution is 2.64. The Morgan fingerprint density at radius 1 is 1.07 bits per heavy atom. The van der Waals surface area contributed by atoms with Gasteiger partial charge in [0.15, 0.2) is 0 Å². The van der Waals surface area contributed by atoms with Crippen LogP contribution in [0, 0.1) is 17.3 Å². The second-order valence-corrected chi connectivity index (χ2v) is 10.1. The Hall–Kier alpha value is -1.84. The van der Waals surface area contributed by atoms with Gasteiger partial charge in [0, 0.05) is 0 Å². The molecule has 3 heteroatoms. The molecular weight excluding hydrogens is 370 g/mol. The maximum atomic E-state index is 11.4. The van der Waals surface area contributed by atoms with Crippen LogP contribution < -0.4 is 10.5 Å². The van der Waals surface area contributed by atoms with Crippen molar-refractivity contribution in [1.29, 1.82) is 0 Å². The first-order chi connectivity index (χ1) is 14.5. The van der Waals surface area contributed by atoms with Crippen molar-refractivity contribution in [2.75, 3.05) is 6.54 Å². The minimum Gasteiger partial charge on any atom is -0.489 e. The fourth-order valence-electron chi connectivity index (χ4n) is 7.15. The van der Waals surface area contributed by atoms with Gasteiger partial charge in [-0.25, -0.2) is 0 Å². The predicted octanol–water partition coefficient (Wildman–Crippen LogP) is 5.20. The summed E-state index contributed by atoms with van der Waals surface area (Å²) in [5.41, 5.74) is 9.55. The van der Waals surface area contributed by atoms with Crippen LogP contribution in [0.25, 0.3) is 0 Å². The third-order valence-corrected chi connectivity index (χ3v) is 8.83. The SMILES string of the molecule is C[C@]12CC[C@@H]3c4ccc(OCc5ccccc5)cc4CC[C@H]3[C@@H]1CC[C@@]2(O)CCN. The topological polar surface area (TPSA) is 55.5 Å². The molecule has 3 nitrogen and oxygen atoms in total. The first-order valence-corrected chi connectivity index (χ1v) is 11.8. The van der Waals surface area contributed by atoms with Crippen LogP contribution in [-0.2, 0) is 13.0 Å². The van der Waals surface area contributed by atoms with Crippen LogP contribution in [0.3, 0.4) is 0 Å². The summed E-state index contributed by atoms with van der Waals surface area (Å²) in [4.78, 5) is 0. The van der Waals surface area contributed by atoms with Crippen molar-refractivity contribution in [2.45, 2.75) is 70.0 Å². The molecule has 3 aliphatic carbocycles. The van der Waals surface area contributed by atoms with Crippen LogP contribution >= 0.6 is 0 Å². The van der Waals surface area contributed by atoms with Crippen LogP contribution in [0.1, 0.15) is 68.1 Å². The lowest BCUT2D eigenvalue weighted by Gasteiger charge is -2.53. The summed E-state index contributed by atoms with van der Waals surface area (Å²) in [6.07, 6.45) is 7.48. The average Bonchev–Trinajstić information content (AvgIpc) is 3.03. The molecule has 2 aromatic carbocycles. The van der Waals surface area contributed by atoms with E-state index in [4.69, 9.17) is 10.5 Å². The molecule has 0 aromatic heterocycles. The molecule has 2 aromatic rings. The molecule has 0 radical (unpaired) electrons. The van der Waals surface area contributed by atoms with Gasteiger partial charge in [0.25, 0.3) is 0 Å². The first-order valence-electron chi connectivity index (χ1n) is 11.8. The van der Waals surface area contributed by atoms with Crippen molar-refractivity contribution >= 4 is 0 Å². The highest BCUT2D eigenvalue weighted by Gasteiger charge is 2.60. The van der Waals surface area contributed by atoms with E-state index in [9.17, 15) is 5.11 Å². The molecule has 0 spiro atoms. The van der Waals surface area contributed by atoms with E-state index in [1.807, 2.05) is 6.07 Å². The Bertz CT molecular complexity index is 897. The van der Waals surface area contributed by atoms with Crippen molar-refractivity contribution < 1.29 is 9.84 Å². The molecule has 30 heavy (non-hydrogen) atoms. The molecule has 0 heterocycles. The Balaban J connectivity index is 1.34. The fourth-order valence-corrected chi connectivity index (χ4v) is 7.15. The lowest BCUT2D eigenvalue weighted by molar-refractivity contribution is -0.105. The summed E-state index contributed by atoms with van der Waals surface area (Å²) >= 11 is 0. The molecule has 0 amide bonds. The van der Waals surface area contributed by atoms with E-state index in [1.165, 1.54) is 29.5 Å². The third kappa shape index (κ3) is 3.18. The van der Waals surface area contributed by atoms with Gasteiger partial charge < -0.3 is 15.6 Å². The van der Waals surface area contributed by atoms with Gasteiger partial charge in [-0.1, -0.05) is 43.3 Å². The van der Waals surface area contributed by atoms with E-state index in [2.05, 4.69) is 49.4 Å². The largest absolute Gasteiger partial charge is 0.489 e. The lowest BCUT2D eigenvalue weighted by atomic mass is 9.53. The van der Waals surface area contributed by atoms with Crippen molar-refractivity contribution in [2.24, 2.45) is 23.0 Å². The van der Waals surface area contributed by atoms with Crippen molar-refractivity contribution in [3.05, 3.63) is 65.2 Å². The zero-order chi connectivity index (χ0) is 20.8. The zero-order valence-electron chi connectivity index (χ0n) is 18.1. The van der Waals surface area contributed by atoms with Crippen LogP contribution in [0.15, 0.2) is 48.5 Å². The van der Waals surface area contributed by atoms with Crippen LogP contribution in [0.4, 0.5) is 0 Å². The molecule has 0 bridgehead atoms. The quantitative estimate of drug-likeness (QED) is 0.719. The molecule has 2 saturated carbocycles. The van der Waals surface area contributed by atoms with Gasteiger partial charge in [-0.2, -0.15) is 0 Å². The number of aryl methyl sites for hydroxylation is 1. The standard InChI is InChI=1S/C27H35NO2/c1-26-13-11-23-22-10-8-21(30-18-19-5-3-2-4-6-19)17-20(22)7-9-24(23)25(26)12-14-27(26,29)15-16-28/h2-6,8,10,17,23-25,29H,7,9,11-16,18,28H2,1H3/t23-,24-,25+,26+,27-/m1/s1. The normalized spacial score (nSPS) is 34.7. The molecule has 5 atom stereocenters. The Kier molecular flexibility index (Phi) is 5.15. The van der Waals surface area contributed by atoms with Gasteiger partial charge in [0.1, 0.15) is 12.4 Å². The number of hydrogen-bond donors (Lipinski definition) is 2. The lowest BCUT2D eigenvalue weighted by Crippen LogP contribution is -2.51. The van der Waals surface area contributed by atoms with Gasteiger partial charge in [-0.05, 0) is 103 Å². The second-order valence-electron chi connectivity index (χ2n) is 10.1. The van der Waals surface area contributed by atoms with Gasteiger partial charge >= 0.3 is 0 Å². The summed E-state index contributed by atoms with van der Waals surface area (Å²) in [6, 6.07) is 17.1. The van der Waals surface area contributed by atoms with Crippen LogP contribution in [0.2, 0.25) is 0 Å². The van der Waals surface area contributed by atoms with Gasteiger partial charge in [-0.3, -0.25) is 0 Å². The van der Waals surface area contributed by atoms with Crippen molar-refractivity contribution in [3.63, 3.8) is 0 Å². The predicted molar refractivity (Wildman–Crippen MR) is 120 cm³/mol. The Morgan fingerprint density at radius 2 is 1.90 bits per heavy atom. The van der Waals surface area contributed by atoms with Gasteiger partial charge in [-0.15, -0.1) is 0 Å². The van der Waals surface area contributed by atoms with Gasteiger partial charge in [0.2, 0.25) is 0 Å². The maximum absolute atomic E-state index is 11.4. The summed E-state index contributed by atoms with van der Waals surface area (Å²) in [5, 5.41) is 11.4.